The topological polar surface area (TPSA) is 67.9 Å². The Morgan fingerprint density at radius 1 is 1.14 bits per heavy atom. The van der Waals surface area contributed by atoms with Gasteiger partial charge in [0.25, 0.3) is 11.8 Å². The van der Waals surface area contributed by atoms with Crippen molar-refractivity contribution in [3.8, 4) is 11.5 Å². The van der Waals surface area contributed by atoms with Gasteiger partial charge < -0.3 is 19.7 Å². The number of carbonyl (C=O) groups is 2. The first-order valence-electron chi connectivity index (χ1n) is 8.85. The maximum Gasteiger partial charge on any atom is 0.263 e. The lowest BCUT2D eigenvalue weighted by Crippen LogP contribution is -2.27. The summed E-state index contributed by atoms with van der Waals surface area (Å²) in [5.74, 6) is 0.573. The summed E-state index contributed by atoms with van der Waals surface area (Å²) in [6, 6.07) is 12.9. The Bertz CT molecular complexity index is 1050. The second-order valence-corrected chi connectivity index (χ2v) is 7.92. The fourth-order valence-electron chi connectivity index (χ4n) is 2.63. The van der Waals surface area contributed by atoms with E-state index in [2.05, 4.69) is 5.32 Å². The minimum atomic E-state index is -0.230. The Kier molecular flexibility index (Phi) is 6.61. The average Bonchev–Trinajstić information content (AvgIpc) is 3.07. The highest BCUT2D eigenvalue weighted by Crippen LogP contribution is 2.35. The van der Waals surface area contributed by atoms with Crippen molar-refractivity contribution in [2.24, 2.45) is 0 Å². The van der Waals surface area contributed by atoms with Crippen LogP contribution in [0.5, 0.6) is 11.5 Å². The normalized spacial score (nSPS) is 10.6. The van der Waals surface area contributed by atoms with E-state index in [0.29, 0.717) is 27.9 Å². The first-order chi connectivity index (χ1) is 13.9. The zero-order valence-electron chi connectivity index (χ0n) is 16.3. The van der Waals surface area contributed by atoms with Crippen LogP contribution in [0.25, 0.3) is 10.1 Å². The molecule has 152 valence electrons. The molecule has 3 rings (SSSR count). The number of carbonyl (C=O) groups excluding carboxylic acids is 2. The summed E-state index contributed by atoms with van der Waals surface area (Å²) < 4.78 is 11.8. The molecule has 0 radical (unpaired) electrons. The van der Waals surface area contributed by atoms with Crippen molar-refractivity contribution in [3.05, 3.63) is 57.9 Å². The number of thiophene rings is 1. The van der Waals surface area contributed by atoms with Gasteiger partial charge in [-0.05, 0) is 23.8 Å². The zero-order valence-corrected chi connectivity index (χ0v) is 17.9. The average molecular weight is 433 g/mol. The molecule has 0 bridgehead atoms. The van der Waals surface area contributed by atoms with E-state index in [9.17, 15) is 9.59 Å². The van der Waals surface area contributed by atoms with Crippen LogP contribution in [0.3, 0.4) is 0 Å². The van der Waals surface area contributed by atoms with Gasteiger partial charge in [-0.25, -0.2) is 0 Å². The van der Waals surface area contributed by atoms with Crippen LogP contribution in [0.15, 0.2) is 42.5 Å². The SMILES string of the molecule is COc1cc(CNC(=O)c2sc3ccccc3c2Cl)ccc1OCC(=O)N(C)C. The van der Waals surface area contributed by atoms with Crippen molar-refractivity contribution in [2.75, 3.05) is 27.8 Å². The van der Waals surface area contributed by atoms with Crippen LogP contribution >= 0.6 is 22.9 Å². The first kappa shape index (κ1) is 21.0. The Labute approximate surface area is 178 Å². The highest BCUT2D eigenvalue weighted by atomic mass is 35.5. The number of halogens is 1. The highest BCUT2D eigenvalue weighted by Gasteiger charge is 2.17. The maximum absolute atomic E-state index is 12.6. The molecule has 0 unspecified atom stereocenters. The number of ether oxygens (including phenoxy) is 2. The van der Waals surface area contributed by atoms with Gasteiger partial charge in [0.05, 0.1) is 12.1 Å². The summed E-state index contributed by atoms with van der Waals surface area (Å²) in [4.78, 5) is 26.2. The van der Waals surface area contributed by atoms with E-state index in [0.717, 1.165) is 15.6 Å². The molecular formula is C21H21ClN2O4S. The van der Waals surface area contributed by atoms with Crippen LogP contribution in [0.2, 0.25) is 5.02 Å². The maximum atomic E-state index is 12.6. The minimum Gasteiger partial charge on any atom is -0.493 e. The standard InChI is InChI=1S/C21H21ClN2O4S/c1-24(2)18(25)12-28-15-9-8-13(10-16(15)27-3)11-23-21(26)20-19(22)14-6-4-5-7-17(14)29-20/h4-10H,11-12H2,1-3H3,(H,23,26). The van der Waals surface area contributed by atoms with Crippen molar-refractivity contribution < 1.29 is 19.1 Å². The Hall–Kier alpha value is -2.77. The van der Waals surface area contributed by atoms with E-state index in [1.54, 1.807) is 26.2 Å². The van der Waals surface area contributed by atoms with Gasteiger partial charge in [-0.3, -0.25) is 9.59 Å². The molecule has 0 saturated carbocycles. The number of likely N-dealkylation sites (N-methyl/N-ethyl adjacent to an activating group) is 1. The van der Waals surface area contributed by atoms with Gasteiger partial charge in [0.1, 0.15) is 4.88 Å². The molecule has 0 fully saturated rings. The lowest BCUT2D eigenvalue weighted by atomic mass is 10.2. The predicted molar refractivity (Wildman–Crippen MR) is 115 cm³/mol. The number of rotatable bonds is 7. The Balaban J connectivity index is 1.67. The van der Waals surface area contributed by atoms with Crippen molar-refractivity contribution in [3.63, 3.8) is 0 Å². The molecule has 3 aromatic rings. The molecule has 0 aliphatic rings. The number of hydrogen-bond donors (Lipinski definition) is 1. The number of nitrogens with zero attached hydrogens (tertiary/aromatic N) is 1. The van der Waals surface area contributed by atoms with Crippen LogP contribution in [-0.2, 0) is 11.3 Å². The molecule has 0 atom stereocenters. The number of hydrogen-bond acceptors (Lipinski definition) is 5. The van der Waals surface area contributed by atoms with Gasteiger partial charge in [-0.2, -0.15) is 0 Å². The fourth-order valence-corrected chi connectivity index (χ4v) is 4.07. The fraction of sp³-hybridized carbons (Fsp3) is 0.238. The van der Waals surface area contributed by atoms with E-state index in [4.69, 9.17) is 21.1 Å². The van der Waals surface area contributed by atoms with E-state index < -0.39 is 0 Å². The molecular weight excluding hydrogens is 412 g/mol. The second kappa shape index (κ2) is 9.15. The third-order valence-corrected chi connectivity index (χ3v) is 5.95. The summed E-state index contributed by atoms with van der Waals surface area (Å²) in [5.41, 5.74) is 0.832. The molecule has 1 N–H and O–H groups in total. The lowest BCUT2D eigenvalue weighted by Gasteiger charge is -2.14. The van der Waals surface area contributed by atoms with Gasteiger partial charge in [0.2, 0.25) is 0 Å². The predicted octanol–water partition coefficient (Wildman–Crippen LogP) is 3.96. The van der Waals surface area contributed by atoms with Gasteiger partial charge in [-0.15, -0.1) is 11.3 Å². The van der Waals surface area contributed by atoms with E-state index >= 15 is 0 Å². The molecule has 1 aromatic heterocycles. The summed E-state index contributed by atoms with van der Waals surface area (Å²) in [5, 5.41) is 4.23. The smallest absolute Gasteiger partial charge is 0.263 e. The van der Waals surface area contributed by atoms with Crippen molar-refractivity contribution >= 4 is 44.8 Å². The lowest BCUT2D eigenvalue weighted by molar-refractivity contribution is -0.130. The van der Waals surface area contributed by atoms with Crippen LogP contribution in [0.4, 0.5) is 0 Å². The molecule has 0 aliphatic heterocycles. The van der Waals surface area contributed by atoms with E-state index in [1.807, 2.05) is 30.3 Å². The third-order valence-electron chi connectivity index (χ3n) is 4.27. The van der Waals surface area contributed by atoms with E-state index in [-0.39, 0.29) is 18.4 Å². The minimum absolute atomic E-state index is 0.0795. The number of amides is 2. The molecule has 8 heteroatoms. The van der Waals surface area contributed by atoms with Gasteiger partial charge >= 0.3 is 0 Å². The van der Waals surface area contributed by atoms with Crippen LogP contribution < -0.4 is 14.8 Å². The summed E-state index contributed by atoms with van der Waals surface area (Å²) in [6.45, 7) is 0.223. The largest absolute Gasteiger partial charge is 0.493 e. The van der Waals surface area contributed by atoms with E-state index in [1.165, 1.54) is 23.3 Å². The number of fused-ring (bicyclic) bond motifs is 1. The highest BCUT2D eigenvalue weighted by molar-refractivity contribution is 7.21. The van der Waals surface area contributed by atoms with Gasteiger partial charge in [-0.1, -0.05) is 35.9 Å². The molecule has 6 nitrogen and oxygen atoms in total. The van der Waals surface area contributed by atoms with Crippen LogP contribution in [0.1, 0.15) is 15.2 Å². The first-order valence-corrected chi connectivity index (χ1v) is 10.0. The molecule has 2 aromatic carbocycles. The van der Waals surface area contributed by atoms with Crippen molar-refractivity contribution in [2.45, 2.75) is 6.54 Å². The molecule has 0 saturated heterocycles. The molecule has 29 heavy (non-hydrogen) atoms. The summed E-state index contributed by atoms with van der Waals surface area (Å²) in [7, 11) is 4.85. The zero-order chi connectivity index (χ0) is 21.0. The second-order valence-electron chi connectivity index (χ2n) is 6.49. The monoisotopic (exact) mass is 432 g/mol. The Morgan fingerprint density at radius 2 is 1.90 bits per heavy atom. The van der Waals surface area contributed by atoms with Crippen molar-refractivity contribution in [1.82, 2.24) is 10.2 Å². The Morgan fingerprint density at radius 3 is 2.59 bits per heavy atom. The van der Waals surface area contributed by atoms with Crippen molar-refractivity contribution in [1.29, 1.82) is 0 Å². The van der Waals surface area contributed by atoms with Crippen LogP contribution in [0, 0.1) is 0 Å². The van der Waals surface area contributed by atoms with Gasteiger partial charge in [0.15, 0.2) is 18.1 Å². The quantitative estimate of drug-likeness (QED) is 0.613. The summed E-state index contributed by atoms with van der Waals surface area (Å²) in [6.07, 6.45) is 0. The number of methoxy groups -OCH3 is 1. The third kappa shape index (κ3) is 4.81. The molecule has 1 heterocycles. The number of benzene rings is 2. The molecule has 0 aliphatic carbocycles. The molecule has 2 amide bonds. The van der Waals surface area contributed by atoms with Gasteiger partial charge in [0, 0.05) is 30.7 Å². The molecule has 0 spiro atoms. The number of nitrogens with one attached hydrogen (secondary N) is 1. The summed E-state index contributed by atoms with van der Waals surface area (Å²) >= 11 is 7.73. The van der Waals surface area contributed by atoms with Crippen LogP contribution in [-0.4, -0.2) is 44.5 Å².